The summed E-state index contributed by atoms with van der Waals surface area (Å²) in [4.78, 5) is 14.4. The van der Waals surface area contributed by atoms with Crippen LogP contribution in [0, 0.1) is 13.8 Å². The maximum Gasteiger partial charge on any atom is 0.410 e. The normalized spacial score (nSPS) is 16.4. The summed E-state index contributed by atoms with van der Waals surface area (Å²) >= 11 is 0. The van der Waals surface area contributed by atoms with Crippen molar-refractivity contribution in [3.05, 3.63) is 47.5 Å². The number of piperidine rings is 1. The van der Waals surface area contributed by atoms with Gasteiger partial charge in [0.1, 0.15) is 17.0 Å². The van der Waals surface area contributed by atoms with E-state index in [9.17, 15) is 4.79 Å². The van der Waals surface area contributed by atoms with Gasteiger partial charge in [-0.15, -0.1) is 10.2 Å². The summed E-state index contributed by atoms with van der Waals surface area (Å²) in [5, 5.41) is 14.8. The monoisotopic (exact) mass is 462 g/mol. The summed E-state index contributed by atoms with van der Waals surface area (Å²) in [6.45, 7) is 11.0. The van der Waals surface area contributed by atoms with Gasteiger partial charge in [-0.3, -0.25) is 0 Å². The largest absolute Gasteiger partial charge is 0.496 e. The molecule has 7 heteroatoms. The molecule has 0 saturated carbocycles. The van der Waals surface area contributed by atoms with Crippen molar-refractivity contribution in [3.63, 3.8) is 0 Å². The lowest BCUT2D eigenvalue weighted by Crippen LogP contribution is -2.47. The Labute approximate surface area is 201 Å². The van der Waals surface area contributed by atoms with Crippen molar-refractivity contribution in [1.29, 1.82) is 0 Å². The molecule has 1 atom stereocenters. The lowest BCUT2D eigenvalue weighted by Gasteiger charge is -2.34. The van der Waals surface area contributed by atoms with E-state index in [1.54, 1.807) is 12.0 Å². The molecule has 180 valence electrons. The second-order valence-electron chi connectivity index (χ2n) is 10.1. The minimum atomic E-state index is -0.510. The van der Waals surface area contributed by atoms with Crippen molar-refractivity contribution < 1.29 is 14.3 Å². The summed E-state index contributed by atoms with van der Waals surface area (Å²) in [7, 11) is 1.68. The number of aryl methyl sites for hydroxylation is 2. The number of rotatable bonds is 4. The van der Waals surface area contributed by atoms with Gasteiger partial charge >= 0.3 is 6.09 Å². The van der Waals surface area contributed by atoms with Gasteiger partial charge in [0, 0.05) is 35.5 Å². The van der Waals surface area contributed by atoms with Crippen LogP contribution in [0.1, 0.15) is 44.7 Å². The maximum absolute atomic E-state index is 12.6. The molecule has 0 radical (unpaired) electrons. The average molecular weight is 463 g/mol. The highest BCUT2D eigenvalue weighted by Gasteiger charge is 2.28. The number of nitrogens with one attached hydrogen (secondary N) is 1. The highest BCUT2D eigenvalue weighted by molar-refractivity contribution is 6.01. The first-order valence-electron chi connectivity index (χ1n) is 11.8. The molecular weight excluding hydrogens is 428 g/mol. The van der Waals surface area contributed by atoms with E-state index in [2.05, 4.69) is 46.7 Å². The molecule has 4 rings (SSSR count). The number of carbonyl (C=O) groups is 1. The van der Waals surface area contributed by atoms with Gasteiger partial charge in [-0.1, -0.05) is 23.8 Å². The fourth-order valence-electron chi connectivity index (χ4n) is 4.35. The number of carbonyl (C=O) groups excluding carboxylic acids is 1. The van der Waals surface area contributed by atoms with E-state index in [0.717, 1.165) is 57.6 Å². The Balaban J connectivity index is 1.65. The van der Waals surface area contributed by atoms with Crippen molar-refractivity contribution in [1.82, 2.24) is 15.1 Å². The van der Waals surface area contributed by atoms with Gasteiger partial charge in [-0.05, 0) is 71.2 Å². The van der Waals surface area contributed by atoms with Crippen LogP contribution >= 0.6 is 0 Å². The second-order valence-corrected chi connectivity index (χ2v) is 10.1. The summed E-state index contributed by atoms with van der Waals surface area (Å²) in [5.74, 6) is 1.50. The first-order valence-corrected chi connectivity index (χ1v) is 11.8. The van der Waals surface area contributed by atoms with Crippen LogP contribution in [-0.4, -0.2) is 53.0 Å². The number of hydrogen-bond acceptors (Lipinski definition) is 6. The van der Waals surface area contributed by atoms with Crippen LogP contribution in [0.25, 0.3) is 22.0 Å². The molecule has 0 spiro atoms. The predicted octanol–water partition coefficient (Wildman–Crippen LogP) is 5.73. The van der Waals surface area contributed by atoms with Gasteiger partial charge < -0.3 is 19.7 Å². The Morgan fingerprint density at radius 3 is 2.53 bits per heavy atom. The molecule has 2 aromatic carbocycles. The van der Waals surface area contributed by atoms with Gasteiger partial charge in [0.25, 0.3) is 0 Å². The molecule has 1 fully saturated rings. The van der Waals surface area contributed by atoms with Crippen molar-refractivity contribution >= 4 is 22.7 Å². The number of anilines is 1. The summed E-state index contributed by atoms with van der Waals surface area (Å²) in [6.07, 6.45) is 1.58. The minimum absolute atomic E-state index is 0.0693. The van der Waals surface area contributed by atoms with Crippen LogP contribution in [-0.2, 0) is 4.74 Å². The van der Waals surface area contributed by atoms with E-state index >= 15 is 0 Å². The zero-order valence-electron chi connectivity index (χ0n) is 20.9. The number of fused-ring (bicyclic) bond motifs is 1. The quantitative estimate of drug-likeness (QED) is 0.533. The molecule has 1 amide bonds. The fourth-order valence-corrected chi connectivity index (χ4v) is 4.35. The summed E-state index contributed by atoms with van der Waals surface area (Å²) in [5.41, 5.74) is 3.47. The van der Waals surface area contributed by atoms with Crippen molar-refractivity contribution in [2.45, 2.75) is 59.1 Å². The van der Waals surface area contributed by atoms with E-state index in [-0.39, 0.29) is 12.1 Å². The lowest BCUT2D eigenvalue weighted by molar-refractivity contribution is 0.0206. The van der Waals surface area contributed by atoms with E-state index in [4.69, 9.17) is 9.47 Å². The Morgan fingerprint density at radius 2 is 1.79 bits per heavy atom. The molecule has 7 nitrogen and oxygen atoms in total. The Kier molecular flexibility index (Phi) is 6.64. The number of aromatic nitrogens is 2. The number of benzene rings is 2. The Morgan fingerprint density at radius 1 is 1.06 bits per heavy atom. The van der Waals surface area contributed by atoms with Gasteiger partial charge in [-0.2, -0.15) is 0 Å². The first kappa shape index (κ1) is 23.8. The molecule has 1 saturated heterocycles. The average Bonchev–Trinajstić information content (AvgIpc) is 2.78. The maximum atomic E-state index is 12.6. The molecule has 1 aliphatic rings. The van der Waals surface area contributed by atoms with E-state index in [1.807, 2.05) is 39.8 Å². The van der Waals surface area contributed by atoms with E-state index in [0.29, 0.717) is 13.1 Å². The predicted molar refractivity (Wildman–Crippen MR) is 135 cm³/mol. The van der Waals surface area contributed by atoms with Crippen LogP contribution < -0.4 is 10.1 Å². The van der Waals surface area contributed by atoms with Crippen LogP contribution in [0.15, 0.2) is 36.4 Å². The zero-order chi connectivity index (χ0) is 24.5. The third-order valence-electron chi connectivity index (χ3n) is 5.96. The highest BCUT2D eigenvalue weighted by atomic mass is 16.6. The third kappa shape index (κ3) is 5.24. The first-order chi connectivity index (χ1) is 16.1. The zero-order valence-corrected chi connectivity index (χ0v) is 20.9. The number of amides is 1. The number of ether oxygens (including phenoxy) is 2. The van der Waals surface area contributed by atoms with Crippen LogP contribution in [0.2, 0.25) is 0 Å². The van der Waals surface area contributed by atoms with Gasteiger partial charge in [0.05, 0.1) is 7.11 Å². The molecule has 0 aliphatic carbocycles. The number of methoxy groups -OCH3 is 1. The Hall–Kier alpha value is -3.35. The number of likely N-dealkylation sites (tertiary alicyclic amines) is 1. The summed E-state index contributed by atoms with van der Waals surface area (Å²) < 4.78 is 11.2. The highest BCUT2D eigenvalue weighted by Crippen LogP contribution is 2.36. The van der Waals surface area contributed by atoms with Crippen LogP contribution in [0.4, 0.5) is 10.6 Å². The molecule has 1 aromatic heterocycles. The number of nitrogens with zero attached hydrogens (tertiary/aromatic N) is 3. The fraction of sp³-hybridized carbons (Fsp3) is 0.444. The van der Waals surface area contributed by atoms with E-state index in [1.165, 1.54) is 0 Å². The summed E-state index contributed by atoms with van der Waals surface area (Å²) in [6, 6.07) is 12.5. The topological polar surface area (TPSA) is 76.6 Å². The SMILES string of the molecule is COc1cc(C)ccc1-c1nnc(N[C@@H]2CCCN(C(=O)OC(C)(C)C)C2)c2ccc(C)cc12. The van der Waals surface area contributed by atoms with E-state index < -0.39 is 5.60 Å². The third-order valence-corrected chi connectivity index (χ3v) is 5.96. The molecule has 3 aromatic rings. The second kappa shape index (κ2) is 9.49. The van der Waals surface area contributed by atoms with Crippen LogP contribution in [0.5, 0.6) is 5.75 Å². The van der Waals surface area contributed by atoms with Gasteiger partial charge in [-0.25, -0.2) is 4.79 Å². The number of hydrogen-bond donors (Lipinski definition) is 1. The molecule has 34 heavy (non-hydrogen) atoms. The lowest BCUT2D eigenvalue weighted by atomic mass is 10.0. The molecule has 1 aliphatic heterocycles. The van der Waals surface area contributed by atoms with Gasteiger partial charge in [0.2, 0.25) is 0 Å². The Bertz CT molecular complexity index is 1200. The van der Waals surface area contributed by atoms with Crippen molar-refractivity contribution in [2.75, 3.05) is 25.5 Å². The molecule has 2 heterocycles. The van der Waals surface area contributed by atoms with Gasteiger partial charge in [0.15, 0.2) is 5.82 Å². The standard InChI is InChI=1S/C27H34N4O3/c1-17-9-11-20-22(14-17)24(21-12-10-18(2)15-23(21)33-6)29-30-25(20)28-19-8-7-13-31(16-19)26(32)34-27(3,4)5/h9-12,14-15,19H,7-8,13,16H2,1-6H3,(H,28,30)/t19-/m1/s1. The molecule has 1 N–H and O–H groups in total. The minimum Gasteiger partial charge on any atom is -0.496 e. The molecular formula is C27H34N4O3. The van der Waals surface area contributed by atoms with Crippen LogP contribution in [0.3, 0.4) is 0 Å². The van der Waals surface area contributed by atoms with Crippen molar-refractivity contribution in [2.24, 2.45) is 0 Å². The smallest absolute Gasteiger partial charge is 0.410 e. The molecule has 0 bridgehead atoms. The molecule has 0 unspecified atom stereocenters. The van der Waals surface area contributed by atoms with Crippen molar-refractivity contribution in [3.8, 4) is 17.0 Å².